The summed E-state index contributed by atoms with van der Waals surface area (Å²) < 4.78 is 41.3. The van der Waals surface area contributed by atoms with Gasteiger partial charge in [-0.2, -0.15) is 0 Å². The second-order valence-electron chi connectivity index (χ2n) is 6.49. The summed E-state index contributed by atoms with van der Waals surface area (Å²) >= 11 is 0. The van der Waals surface area contributed by atoms with Crippen LogP contribution in [0.25, 0.3) is 0 Å². The van der Waals surface area contributed by atoms with Crippen molar-refractivity contribution < 1.29 is 17.9 Å². The molecule has 2 rings (SSSR count). The Bertz CT molecular complexity index is 592. The average molecular weight is 358 g/mol. The first-order chi connectivity index (χ1) is 11.7. The highest BCUT2D eigenvalue weighted by atomic mass is 19.4. The number of anilines is 1. The molecule has 0 aromatic heterocycles. The third-order valence-corrected chi connectivity index (χ3v) is 4.21. The molecule has 1 aliphatic rings. The molecule has 2 unspecified atom stereocenters. The molecule has 3 N–H and O–H groups in total. The lowest BCUT2D eigenvalue weighted by atomic mass is 9.99. The summed E-state index contributed by atoms with van der Waals surface area (Å²) in [5.41, 5.74) is 5.95. The lowest BCUT2D eigenvalue weighted by Gasteiger charge is -2.34. The molecule has 0 bridgehead atoms. The van der Waals surface area contributed by atoms with Crippen molar-refractivity contribution in [3.63, 3.8) is 0 Å². The molecule has 2 atom stereocenters. The molecule has 1 aromatic carbocycles. The van der Waals surface area contributed by atoms with Gasteiger partial charge in [0.25, 0.3) is 0 Å². The van der Waals surface area contributed by atoms with Gasteiger partial charge in [-0.25, -0.2) is 0 Å². The standard InChI is InChI=1S/C17H25F3N4O/c1-12-6-5-9-24(11-12)13(2)10-22-16(21)23-14-7-3-4-8-15(14)25-17(18,19)20/h3-4,7-8,12-13H,5-6,9-11H2,1-2H3,(H3,21,22,23). The Balaban J connectivity index is 1.95. The van der Waals surface area contributed by atoms with Gasteiger partial charge in [0.1, 0.15) is 0 Å². The van der Waals surface area contributed by atoms with Gasteiger partial charge in [-0.1, -0.05) is 19.1 Å². The van der Waals surface area contributed by atoms with E-state index in [1.807, 2.05) is 0 Å². The highest BCUT2D eigenvalue weighted by molar-refractivity contribution is 5.93. The molecule has 1 heterocycles. The summed E-state index contributed by atoms with van der Waals surface area (Å²) in [7, 11) is 0. The van der Waals surface area contributed by atoms with Gasteiger partial charge in [0, 0.05) is 12.6 Å². The van der Waals surface area contributed by atoms with E-state index < -0.39 is 6.36 Å². The number of benzene rings is 1. The zero-order valence-electron chi connectivity index (χ0n) is 14.5. The maximum absolute atomic E-state index is 12.4. The largest absolute Gasteiger partial charge is 0.573 e. The van der Waals surface area contributed by atoms with Crippen LogP contribution in [0.5, 0.6) is 5.75 Å². The minimum absolute atomic E-state index is 0.0649. The molecule has 1 aromatic rings. The van der Waals surface area contributed by atoms with Gasteiger partial charge in [0.15, 0.2) is 11.7 Å². The van der Waals surface area contributed by atoms with Crippen LogP contribution in [-0.4, -0.2) is 42.9 Å². The van der Waals surface area contributed by atoms with Crippen molar-refractivity contribution in [1.82, 2.24) is 4.90 Å². The minimum Gasteiger partial charge on any atom is -0.404 e. The Labute approximate surface area is 146 Å². The number of piperidine rings is 1. The van der Waals surface area contributed by atoms with E-state index in [2.05, 4.69) is 33.8 Å². The number of hydrogen-bond acceptors (Lipinski definition) is 3. The lowest BCUT2D eigenvalue weighted by Crippen LogP contribution is -2.42. The van der Waals surface area contributed by atoms with E-state index in [9.17, 15) is 13.2 Å². The van der Waals surface area contributed by atoms with Gasteiger partial charge in [-0.05, 0) is 44.4 Å². The predicted molar refractivity (Wildman–Crippen MR) is 92.7 cm³/mol. The molecule has 0 saturated carbocycles. The third-order valence-electron chi connectivity index (χ3n) is 4.21. The second-order valence-corrected chi connectivity index (χ2v) is 6.49. The molecule has 5 nitrogen and oxygen atoms in total. The van der Waals surface area contributed by atoms with E-state index in [4.69, 9.17) is 5.73 Å². The van der Waals surface area contributed by atoms with Crippen molar-refractivity contribution in [3.05, 3.63) is 24.3 Å². The highest BCUT2D eigenvalue weighted by Crippen LogP contribution is 2.29. The summed E-state index contributed by atoms with van der Waals surface area (Å²) in [4.78, 5) is 6.63. The number of rotatable bonds is 5. The minimum atomic E-state index is -4.76. The number of guanidine groups is 1. The molecule has 1 fully saturated rings. The number of nitrogens with one attached hydrogen (secondary N) is 1. The molecule has 0 amide bonds. The van der Waals surface area contributed by atoms with Crippen LogP contribution in [0.3, 0.4) is 0 Å². The van der Waals surface area contributed by atoms with E-state index >= 15 is 0 Å². The van der Waals surface area contributed by atoms with Crippen LogP contribution in [0, 0.1) is 5.92 Å². The number of para-hydroxylation sites is 2. The van der Waals surface area contributed by atoms with E-state index in [0.29, 0.717) is 12.5 Å². The first-order valence-electron chi connectivity index (χ1n) is 8.40. The topological polar surface area (TPSA) is 62.9 Å². The van der Waals surface area contributed by atoms with Crippen LogP contribution in [0.1, 0.15) is 26.7 Å². The summed E-state index contributed by atoms with van der Waals surface area (Å²) in [6.07, 6.45) is -2.35. The summed E-state index contributed by atoms with van der Waals surface area (Å²) in [6, 6.07) is 5.96. The molecule has 1 saturated heterocycles. The zero-order chi connectivity index (χ0) is 18.4. The van der Waals surface area contributed by atoms with E-state index in [1.54, 1.807) is 6.07 Å². The van der Waals surface area contributed by atoms with Crippen molar-refractivity contribution in [1.29, 1.82) is 0 Å². The number of likely N-dealkylation sites (tertiary alicyclic amines) is 1. The molecule has 0 spiro atoms. The van der Waals surface area contributed by atoms with E-state index in [0.717, 1.165) is 13.1 Å². The number of aliphatic imine (C=N–C) groups is 1. The Hall–Kier alpha value is -1.96. The van der Waals surface area contributed by atoms with Crippen molar-refractivity contribution in [2.45, 2.75) is 39.1 Å². The molecule has 0 radical (unpaired) electrons. The van der Waals surface area contributed by atoms with E-state index in [1.165, 1.54) is 31.0 Å². The first-order valence-corrected chi connectivity index (χ1v) is 8.40. The quantitative estimate of drug-likeness (QED) is 0.625. The normalized spacial score (nSPS) is 21.0. The Morgan fingerprint density at radius 2 is 2.16 bits per heavy atom. The molecular weight excluding hydrogens is 333 g/mol. The van der Waals surface area contributed by atoms with Crippen LogP contribution < -0.4 is 15.8 Å². The fraction of sp³-hybridized carbons (Fsp3) is 0.588. The number of ether oxygens (including phenoxy) is 1. The van der Waals surface area contributed by atoms with Gasteiger partial charge in [-0.3, -0.25) is 9.89 Å². The fourth-order valence-electron chi connectivity index (χ4n) is 2.93. The van der Waals surface area contributed by atoms with Crippen LogP contribution >= 0.6 is 0 Å². The number of nitrogens with zero attached hydrogens (tertiary/aromatic N) is 2. The highest BCUT2D eigenvalue weighted by Gasteiger charge is 2.32. The second kappa shape index (κ2) is 8.42. The number of halogens is 3. The molecule has 8 heteroatoms. The summed E-state index contributed by atoms with van der Waals surface area (Å²) in [5, 5.41) is 2.68. The van der Waals surface area contributed by atoms with E-state index in [-0.39, 0.29) is 23.4 Å². The molecule has 0 aliphatic carbocycles. The van der Waals surface area contributed by atoms with Crippen LogP contribution in [0.15, 0.2) is 29.3 Å². The number of nitrogens with two attached hydrogens (primary N) is 1. The fourth-order valence-corrected chi connectivity index (χ4v) is 2.93. The molecule has 25 heavy (non-hydrogen) atoms. The predicted octanol–water partition coefficient (Wildman–Crippen LogP) is 3.43. The maximum Gasteiger partial charge on any atom is 0.573 e. The van der Waals surface area contributed by atoms with Crippen LogP contribution in [0.2, 0.25) is 0 Å². The van der Waals surface area contributed by atoms with Crippen molar-refractivity contribution in [2.24, 2.45) is 16.6 Å². The van der Waals surface area contributed by atoms with Gasteiger partial charge >= 0.3 is 6.36 Å². The molecule has 1 aliphatic heterocycles. The Kier molecular flexibility index (Phi) is 6.52. The van der Waals surface area contributed by atoms with Crippen LogP contribution in [-0.2, 0) is 0 Å². The third kappa shape index (κ3) is 6.45. The van der Waals surface area contributed by atoms with Crippen molar-refractivity contribution >= 4 is 11.6 Å². The van der Waals surface area contributed by atoms with Gasteiger partial charge in [0.2, 0.25) is 0 Å². The van der Waals surface area contributed by atoms with Crippen LogP contribution in [0.4, 0.5) is 18.9 Å². The Morgan fingerprint density at radius 1 is 1.44 bits per heavy atom. The zero-order valence-corrected chi connectivity index (χ0v) is 14.5. The lowest BCUT2D eigenvalue weighted by molar-refractivity contribution is -0.274. The number of alkyl halides is 3. The average Bonchev–Trinajstić information content (AvgIpc) is 2.53. The summed E-state index contributed by atoms with van der Waals surface area (Å²) in [6.45, 7) is 6.86. The van der Waals surface area contributed by atoms with Crippen molar-refractivity contribution in [2.75, 3.05) is 25.0 Å². The summed E-state index contributed by atoms with van der Waals surface area (Å²) in [5.74, 6) is 0.392. The molecule has 140 valence electrons. The van der Waals surface area contributed by atoms with Crippen molar-refractivity contribution in [3.8, 4) is 5.75 Å². The smallest absolute Gasteiger partial charge is 0.404 e. The first kappa shape index (κ1) is 19.4. The van der Waals surface area contributed by atoms with Gasteiger partial charge in [0.05, 0.1) is 12.2 Å². The van der Waals surface area contributed by atoms with Gasteiger partial charge < -0.3 is 15.8 Å². The Morgan fingerprint density at radius 3 is 2.84 bits per heavy atom. The maximum atomic E-state index is 12.4. The molecular formula is C17H25F3N4O. The SMILES string of the molecule is CC1CCCN(C(C)CN=C(N)Nc2ccccc2OC(F)(F)F)C1. The van der Waals surface area contributed by atoms with Gasteiger partial charge in [-0.15, -0.1) is 13.2 Å². The number of hydrogen-bond donors (Lipinski definition) is 2. The monoisotopic (exact) mass is 358 g/mol.